The first kappa shape index (κ1) is 9.97. The molecule has 1 aliphatic carbocycles. The molecule has 1 fully saturated rings. The van der Waals surface area contributed by atoms with Gasteiger partial charge >= 0.3 is 0 Å². The van der Waals surface area contributed by atoms with E-state index in [1.54, 1.807) is 11.3 Å². The van der Waals surface area contributed by atoms with Crippen LogP contribution < -0.4 is 5.73 Å². The zero-order chi connectivity index (χ0) is 10.3. The molecule has 3 heteroatoms. The molecule has 1 heterocycles. The number of rotatable bonds is 2. The van der Waals surface area contributed by atoms with E-state index in [9.17, 15) is 0 Å². The molecule has 0 aliphatic heterocycles. The van der Waals surface area contributed by atoms with Gasteiger partial charge in [-0.15, -0.1) is 11.3 Å². The van der Waals surface area contributed by atoms with E-state index in [1.165, 1.54) is 17.8 Å². The van der Waals surface area contributed by atoms with Crippen LogP contribution in [0.2, 0.25) is 0 Å². The summed E-state index contributed by atoms with van der Waals surface area (Å²) in [5.74, 6) is 0.732. The second-order valence-corrected chi connectivity index (χ2v) is 6.44. The lowest BCUT2D eigenvalue weighted by Crippen LogP contribution is -2.10. The van der Waals surface area contributed by atoms with Gasteiger partial charge in [0.2, 0.25) is 0 Å². The highest BCUT2D eigenvalue weighted by Crippen LogP contribution is 2.43. The predicted molar refractivity (Wildman–Crippen MR) is 61.7 cm³/mol. The van der Waals surface area contributed by atoms with Gasteiger partial charge in [0.25, 0.3) is 0 Å². The van der Waals surface area contributed by atoms with Gasteiger partial charge in [-0.1, -0.05) is 20.8 Å². The van der Waals surface area contributed by atoms with E-state index in [-0.39, 0.29) is 5.41 Å². The highest BCUT2D eigenvalue weighted by atomic mass is 32.1. The lowest BCUT2D eigenvalue weighted by Gasteiger charge is -2.16. The van der Waals surface area contributed by atoms with E-state index in [4.69, 9.17) is 5.73 Å². The molecule has 0 amide bonds. The zero-order valence-electron chi connectivity index (χ0n) is 9.13. The van der Waals surface area contributed by atoms with E-state index < -0.39 is 0 Å². The molecule has 2 nitrogen and oxygen atoms in total. The molecule has 2 N–H and O–H groups in total. The van der Waals surface area contributed by atoms with E-state index in [2.05, 4.69) is 25.8 Å². The topological polar surface area (TPSA) is 38.9 Å². The van der Waals surface area contributed by atoms with Crippen molar-refractivity contribution in [3.63, 3.8) is 0 Å². The summed E-state index contributed by atoms with van der Waals surface area (Å²) in [6, 6.07) is 0. The highest BCUT2D eigenvalue weighted by Gasteiger charge is 2.28. The van der Waals surface area contributed by atoms with Crippen molar-refractivity contribution in [1.82, 2.24) is 4.98 Å². The number of hydrogen-bond acceptors (Lipinski definition) is 3. The summed E-state index contributed by atoms with van der Waals surface area (Å²) in [5, 5.41) is 2.20. The lowest BCUT2D eigenvalue weighted by molar-refractivity contribution is 0.407. The van der Waals surface area contributed by atoms with E-state index >= 15 is 0 Å². The molecule has 1 saturated carbocycles. The molecule has 78 valence electrons. The first-order valence-corrected chi connectivity index (χ1v) is 6.02. The quantitative estimate of drug-likeness (QED) is 0.814. The van der Waals surface area contributed by atoms with Gasteiger partial charge in [-0.25, -0.2) is 4.98 Å². The van der Waals surface area contributed by atoms with Gasteiger partial charge in [0.1, 0.15) is 5.00 Å². The Labute approximate surface area is 89.5 Å². The first-order valence-electron chi connectivity index (χ1n) is 5.21. The largest absolute Gasteiger partial charge is 0.389 e. The van der Waals surface area contributed by atoms with Crippen LogP contribution in [0.3, 0.4) is 0 Å². The van der Waals surface area contributed by atoms with E-state index in [1.807, 2.05) is 0 Å². The molecule has 0 saturated heterocycles. The molecule has 1 aliphatic rings. The Morgan fingerprint density at radius 2 is 2.07 bits per heavy atom. The van der Waals surface area contributed by atoms with Crippen molar-refractivity contribution in [3.05, 3.63) is 10.7 Å². The lowest BCUT2D eigenvalue weighted by atomic mass is 9.91. The summed E-state index contributed by atoms with van der Waals surface area (Å²) in [5.41, 5.74) is 7.37. The van der Waals surface area contributed by atoms with Crippen molar-refractivity contribution in [2.75, 3.05) is 5.73 Å². The third-order valence-corrected chi connectivity index (χ3v) is 3.46. The first-order chi connectivity index (χ1) is 6.46. The fourth-order valence-corrected chi connectivity index (χ4v) is 2.54. The predicted octanol–water partition coefficient (Wildman–Crippen LogP) is 3.19. The van der Waals surface area contributed by atoms with Crippen LogP contribution in [0.5, 0.6) is 0 Å². The Hall–Kier alpha value is -0.570. The number of thiazole rings is 1. The van der Waals surface area contributed by atoms with Crippen LogP contribution in [0.15, 0.2) is 0 Å². The second-order valence-electron chi connectivity index (χ2n) is 5.37. The molecule has 1 aromatic rings. The molecule has 0 spiro atoms. The standard InChI is InChI=1S/C11H18N2S/c1-11(2,3)6-8-9(12)14-10(13-8)7-4-5-7/h7H,4-6,12H2,1-3H3. The number of anilines is 1. The Balaban J connectivity index is 2.16. The van der Waals surface area contributed by atoms with Crippen molar-refractivity contribution in [3.8, 4) is 0 Å². The van der Waals surface area contributed by atoms with Crippen LogP contribution in [0.25, 0.3) is 0 Å². The Kier molecular flexibility index (Phi) is 2.30. The van der Waals surface area contributed by atoms with E-state index in [0.717, 1.165) is 23.0 Å². The fraction of sp³-hybridized carbons (Fsp3) is 0.727. The Morgan fingerprint density at radius 3 is 2.57 bits per heavy atom. The molecule has 1 aromatic heterocycles. The number of nitrogens with zero attached hydrogens (tertiary/aromatic N) is 1. The number of nitrogens with two attached hydrogens (primary N) is 1. The SMILES string of the molecule is CC(C)(C)Cc1nc(C2CC2)sc1N. The Bertz CT molecular complexity index is 332. The maximum atomic E-state index is 5.97. The van der Waals surface area contributed by atoms with Gasteiger partial charge in [-0.3, -0.25) is 0 Å². The average molecular weight is 210 g/mol. The van der Waals surface area contributed by atoms with Gasteiger partial charge in [-0.05, 0) is 24.7 Å². The number of aromatic nitrogens is 1. The van der Waals surface area contributed by atoms with Gasteiger partial charge in [0.15, 0.2) is 0 Å². The Morgan fingerprint density at radius 1 is 1.43 bits per heavy atom. The number of nitrogen functional groups attached to an aromatic ring is 1. The summed E-state index contributed by atoms with van der Waals surface area (Å²) < 4.78 is 0. The zero-order valence-corrected chi connectivity index (χ0v) is 9.95. The normalized spacial score (nSPS) is 17.4. The van der Waals surface area contributed by atoms with Crippen LogP contribution in [0.4, 0.5) is 5.00 Å². The van der Waals surface area contributed by atoms with Crippen LogP contribution in [-0.4, -0.2) is 4.98 Å². The average Bonchev–Trinajstić information content (AvgIpc) is 2.77. The molecular formula is C11H18N2S. The highest BCUT2D eigenvalue weighted by molar-refractivity contribution is 7.15. The summed E-state index contributed by atoms with van der Waals surface area (Å²) >= 11 is 1.69. The second kappa shape index (κ2) is 3.23. The van der Waals surface area contributed by atoms with Crippen molar-refractivity contribution in [2.45, 2.75) is 46.0 Å². The molecule has 0 bridgehead atoms. The maximum Gasteiger partial charge on any atom is 0.109 e. The summed E-state index contributed by atoms with van der Waals surface area (Å²) in [6.45, 7) is 6.67. The molecular weight excluding hydrogens is 192 g/mol. The summed E-state index contributed by atoms with van der Waals surface area (Å²) in [4.78, 5) is 4.65. The minimum absolute atomic E-state index is 0.281. The number of hydrogen-bond donors (Lipinski definition) is 1. The van der Waals surface area contributed by atoms with Gasteiger partial charge in [0, 0.05) is 5.92 Å². The van der Waals surface area contributed by atoms with Crippen molar-refractivity contribution in [1.29, 1.82) is 0 Å². The summed E-state index contributed by atoms with van der Waals surface area (Å²) in [6.07, 6.45) is 3.60. The maximum absolute atomic E-state index is 5.97. The third kappa shape index (κ3) is 2.27. The van der Waals surface area contributed by atoms with Crippen LogP contribution >= 0.6 is 11.3 Å². The third-order valence-electron chi connectivity index (χ3n) is 2.37. The minimum Gasteiger partial charge on any atom is -0.389 e. The summed E-state index contributed by atoms with van der Waals surface area (Å²) in [7, 11) is 0. The van der Waals surface area contributed by atoms with Crippen molar-refractivity contribution >= 4 is 16.3 Å². The molecule has 14 heavy (non-hydrogen) atoms. The smallest absolute Gasteiger partial charge is 0.109 e. The fourth-order valence-electron chi connectivity index (χ4n) is 1.52. The molecule has 0 aromatic carbocycles. The molecule has 0 radical (unpaired) electrons. The van der Waals surface area contributed by atoms with Crippen LogP contribution in [0, 0.1) is 5.41 Å². The molecule has 0 atom stereocenters. The van der Waals surface area contributed by atoms with Gasteiger partial charge in [0.05, 0.1) is 10.7 Å². The van der Waals surface area contributed by atoms with Gasteiger partial charge in [-0.2, -0.15) is 0 Å². The van der Waals surface area contributed by atoms with Crippen LogP contribution in [-0.2, 0) is 6.42 Å². The monoisotopic (exact) mass is 210 g/mol. The molecule has 2 rings (SSSR count). The van der Waals surface area contributed by atoms with Crippen LogP contribution in [0.1, 0.15) is 50.2 Å². The van der Waals surface area contributed by atoms with E-state index in [0.29, 0.717) is 0 Å². The van der Waals surface area contributed by atoms with Crippen molar-refractivity contribution in [2.24, 2.45) is 5.41 Å². The molecule has 0 unspecified atom stereocenters. The van der Waals surface area contributed by atoms with Crippen molar-refractivity contribution < 1.29 is 0 Å². The van der Waals surface area contributed by atoms with Gasteiger partial charge < -0.3 is 5.73 Å². The minimum atomic E-state index is 0.281.